The molecule has 0 aliphatic heterocycles. The summed E-state index contributed by atoms with van der Waals surface area (Å²) in [4.78, 5) is 13.8. The van der Waals surface area contributed by atoms with Gasteiger partial charge in [-0.15, -0.1) is 11.3 Å². The summed E-state index contributed by atoms with van der Waals surface area (Å²) in [6.45, 7) is 3.29. The zero-order valence-corrected chi connectivity index (χ0v) is 13.7. The van der Waals surface area contributed by atoms with Crippen molar-refractivity contribution in [2.24, 2.45) is 0 Å². The maximum atomic E-state index is 5.45. The summed E-state index contributed by atoms with van der Waals surface area (Å²) in [5.74, 6) is 0.987. The van der Waals surface area contributed by atoms with E-state index in [0.717, 1.165) is 10.9 Å². The van der Waals surface area contributed by atoms with Crippen LogP contribution in [0.4, 0.5) is 11.9 Å². The van der Waals surface area contributed by atoms with Crippen LogP contribution in [0.1, 0.15) is 18.2 Å². The van der Waals surface area contributed by atoms with Gasteiger partial charge < -0.3 is 15.4 Å². The molecule has 2 aromatic rings. The first-order chi connectivity index (χ1) is 9.71. The Kier molecular flexibility index (Phi) is 5.54. The van der Waals surface area contributed by atoms with Crippen molar-refractivity contribution in [2.75, 3.05) is 24.3 Å². The van der Waals surface area contributed by atoms with Crippen LogP contribution in [0, 0.1) is 0 Å². The molecule has 0 fully saturated rings. The molecule has 0 bridgehead atoms. The average Bonchev–Trinajstić information content (AvgIpc) is 2.88. The fraction of sp³-hybridized carbons (Fsp3) is 0.417. The molecule has 0 atom stereocenters. The van der Waals surface area contributed by atoms with Crippen molar-refractivity contribution in [1.29, 1.82) is 0 Å². The largest absolute Gasteiger partial charge is 0.463 e. The second-order valence-electron chi connectivity index (χ2n) is 3.95. The molecule has 6 nitrogen and oxygen atoms in total. The number of hydrogen-bond acceptors (Lipinski definition) is 7. The van der Waals surface area contributed by atoms with Crippen molar-refractivity contribution >= 4 is 39.2 Å². The van der Waals surface area contributed by atoms with Crippen LogP contribution in [-0.2, 0) is 6.54 Å². The third kappa shape index (κ3) is 4.31. The number of rotatable bonds is 7. The van der Waals surface area contributed by atoms with E-state index in [1.54, 1.807) is 18.4 Å². The van der Waals surface area contributed by atoms with E-state index in [4.69, 9.17) is 4.74 Å². The van der Waals surface area contributed by atoms with Gasteiger partial charge in [-0.3, -0.25) is 0 Å². The van der Waals surface area contributed by atoms with Crippen molar-refractivity contribution in [3.8, 4) is 6.01 Å². The molecule has 0 saturated heterocycles. The van der Waals surface area contributed by atoms with E-state index in [1.807, 2.05) is 12.3 Å². The van der Waals surface area contributed by atoms with Gasteiger partial charge in [0.15, 0.2) is 0 Å². The van der Waals surface area contributed by atoms with E-state index in [9.17, 15) is 0 Å². The lowest BCUT2D eigenvalue weighted by atomic mass is 10.5. The van der Waals surface area contributed by atoms with Crippen molar-refractivity contribution in [1.82, 2.24) is 15.0 Å². The van der Waals surface area contributed by atoms with Crippen molar-refractivity contribution in [3.05, 3.63) is 20.8 Å². The molecule has 0 aliphatic carbocycles. The van der Waals surface area contributed by atoms with Gasteiger partial charge in [0.1, 0.15) is 0 Å². The first kappa shape index (κ1) is 15.0. The molecule has 0 amide bonds. The molecule has 0 spiro atoms. The second kappa shape index (κ2) is 7.39. The minimum absolute atomic E-state index is 0.334. The van der Waals surface area contributed by atoms with Crippen molar-refractivity contribution < 1.29 is 4.74 Å². The molecule has 0 saturated carbocycles. The predicted octanol–water partition coefficient (Wildman–Crippen LogP) is 3.14. The SMILES string of the molecule is CCCOc1nc(NC)nc(NCc2cc(Br)cs2)n1. The highest BCUT2D eigenvalue weighted by atomic mass is 79.9. The van der Waals surface area contributed by atoms with Gasteiger partial charge >= 0.3 is 6.01 Å². The third-order valence-corrected chi connectivity index (χ3v) is 4.01. The van der Waals surface area contributed by atoms with Gasteiger partial charge in [0.25, 0.3) is 0 Å². The van der Waals surface area contributed by atoms with Gasteiger partial charge in [-0.1, -0.05) is 6.92 Å². The second-order valence-corrected chi connectivity index (χ2v) is 5.86. The summed E-state index contributed by atoms with van der Waals surface area (Å²) in [5.41, 5.74) is 0. The van der Waals surface area contributed by atoms with Crippen LogP contribution in [0.3, 0.4) is 0 Å². The number of thiophene rings is 1. The number of hydrogen-bond donors (Lipinski definition) is 2. The number of aromatic nitrogens is 3. The molecular formula is C12H16BrN5OS. The minimum Gasteiger partial charge on any atom is -0.463 e. The Hall–Kier alpha value is -1.41. The van der Waals surface area contributed by atoms with E-state index in [1.165, 1.54) is 4.88 Å². The quantitative estimate of drug-likeness (QED) is 0.792. The summed E-state index contributed by atoms with van der Waals surface area (Å²) in [6.07, 6.45) is 0.909. The van der Waals surface area contributed by atoms with Crippen LogP contribution in [-0.4, -0.2) is 28.6 Å². The van der Waals surface area contributed by atoms with Crippen molar-refractivity contribution in [3.63, 3.8) is 0 Å². The van der Waals surface area contributed by atoms with Crippen molar-refractivity contribution in [2.45, 2.75) is 19.9 Å². The summed E-state index contributed by atoms with van der Waals surface area (Å²) >= 11 is 5.10. The van der Waals surface area contributed by atoms with E-state index in [2.05, 4.69) is 47.6 Å². The molecule has 2 rings (SSSR count). The molecule has 2 N–H and O–H groups in total. The van der Waals surface area contributed by atoms with Crippen LogP contribution >= 0.6 is 27.3 Å². The Morgan fingerprint density at radius 3 is 2.75 bits per heavy atom. The first-order valence-corrected chi connectivity index (χ1v) is 7.92. The van der Waals surface area contributed by atoms with E-state index < -0.39 is 0 Å². The molecule has 8 heteroatoms. The number of nitrogens with zero attached hydrogens (tertiary/aromatic N) is 3. The molecular weight excluding hydrogens is 342 g/mol. The third-order valence-electron chi connectivity index (χ3n) is 2.32. The predicted molar refractivity (Wildman–Crippen MR) is 84.5 cm³/mol. The topological polar surface area (TPSA) is 72.0 Å². The number of nitrogens with one attached hydrogen (secondary N) is 2. The maximum Gasteiger partial charge on any atom is 0.323 e. The maximum absolute atomic E-state index is 5.45. The minimum atomic E-state index is 0.334. The lowest BCUT2D eigenvalue weighted by Gasteiger charge is -2.08. The van der Waals surface area contributed by atoms with Gasteiger partial charge in [0.2, 0.25) is 11.9 Å². The van der Waals surface area contributed by atoms with Crippen LogP contribution in [0.2, 0.25) is 0 Å². The van der Waals surface area contributed by atoms with Gasteiger partial charge in [0.05, 0.1) is 13.2 Å². The monoisotopic (exact) mass is 357 g/mol. The summed E-state index contributed by atoms with van der Waals surface area (Å²) in [5, 5.41) is 8.11. The van der Waals surface area contributed by atoms with Gasteiger partial charge in [-0.25, -0.2) is 0 Å². The Labute approximate surface area is 130 Å². The smallest absolute Gasteiger partial charge is 0.323 e. The van der Waals surface area contributed by atoms with Gasteiger partial charge in [-0.2, -0.15) is 15.0 Å². The standard InChI is InChI=1S/C12H16BrN5OS/c1-3-4-19-12-17-10(14-2)16-11(18-12)15-6-9-5-8(13)7-20-9/h5,7H,3-4,6H2,1-2H3,(H2,14,15,16,17,18). The fourth-order valence-electron chi connectivity index (χ4n) is 1.42. The zero-order chi connectivity index (χ0) is 14.4. The molecule has 2 aromatic heterocycles. The summed E-state index contributed by atoms with van der Waals surface area (Å²) < 4.78 is 6.53. The summed E-state index contributed by atoms with van der Waals surface area (Å²) in [6, 6.07) is 2.40. The highest BCUT2D eigenvalue weighted by Crippen LogP contribution is 2.20. The van der Waals surface area contributed by atoms with E-state index in [0.29, 0.717) is 31.1 Å². The number of anilines is 2. The van der Waals surface area contributed by atoms with Crippen LogP contribution in [0.5, 0.6) is 6.01 Å². The Morgan fingerprint density at radius 2 is 2.10 bits per heavy atom. The normalized spacial score (nSPS) is 10.3. The average molecular weight is 358 g/mol. The molecule has 0 aliphatic rings. The molecule has 0 aromatic carbocycles. The highest BCUT2D eigenvalue weighted by Gasteiger charge is 2.07. The zero-order valence-electron chi connectivity index (χ0n) is 11.3. The lowest BCUT2D eigenvalue weighted by molar-refractivity contribution is 0.292. The van der Waals surface area contributed by atoms with E-state index >= 15 is 0 Å². The van der Waals surface area contributed by atoms with Gasteiger partial charge in [0, 0.05) is 21.8 Å². The molecule has 0 unspecified atom stereocenters. The number of halogens is 1. The fourth-order valence-corrected chi connectivity index (χ4v) is 2.81. The molecule has 0 radical (unpaired) electrons. The van der Waals surface area contributed by atoms with Crippen LogP contribution in [0.15, 0.2) is 15.9 Å². The molecule has 2 heterocycles. The first-order valence-electron chi connectivity index (χ1n) is 6.24. The number of ether oxygens (including phenoxy) is 1. The summed E-state index contributed by atoms with van der Waals surface area (Å²) in [7, 11) is 1.76. The Balaban J connectivity index is 2.05. The Morgan fingerprint density at radius 1 is 1.30 bits per heavy atom. The highest BCUT2D eigenvalue weighted by molar-refractivity contribution is 9.10. The van der Waals surface area contributed by atoms with E-state index in [-0.39, 0.29) is 0 Å². The van der Waals surface area contributed by atoms with Crippen LogP contribution < -0.4 is 15.4 Å². The molecule has 20 heavy (non-hydrogen) atoms. The van der Waals surface area contributed by atoms with Crippen LogP contribution in [0.25, 0.3) is 0 Å². The lowest BCUT2D eigenvalue weighted by Crippen LogP contribution is -2.09. The molecule has 108 valence electrons. The Bertz CT molecular complexity index is 563. The van der Waals surface area contributed by atoms with Gasteiger partial charge in [-0.05, 0) is 28.4 Å².